The number of carbonyl (C=O) groups is 1. The molecule has 0 spiro atoms. The van der Waals surface area contributed by atoms with Gasteiger partial charge in [0.1, 0.15) is 5.69 Å². The number of fused-ring (bicyclic) bond motifs is 3. The van der Waals surface area contributed by atoms with Crippen molar-refractivity contribution in [2.75, 3.05) is 13.1 Å². The van der Waals surface area contributed by atoms with Crippen LogP contribution in [0.3, 0.4) is 0 Å². The summed E-state index contributed by atoms with van der Waals surface area (Å²) in [7, 11) is 0. The van der Waals surface area contributed by atoms with Crippen molar-refractivity contribution in [3.8, 4) is 11.3 Å². The fourth-order valence-corrected chi connectivity index (χ4v) is 3.45. The van der Waals surface area contributed by atoms with Crippen LogP contribution in [0, 0.1) is 5.92 Å². The highest BCUT2D eigenvalue weighted by Gasteiger charge is 2.28. The maximum Gasteiger partial charge on any atom is 0.354 e. The number of nitrogens with one attached hydrogen (secondary N) is 1. The second kappa shape index (κ2) is 6.36. The smallest absolute Gasteiger partial charge is 0.354 e. The highest BCUT2D eigenvalue weighted by atomic mass is 16.4. The molecule has 2 aliphatic carbocycles. The van der Waals surface area contributed by atoms with E-state index in [4.69, 9.17) is 0 Å². The number of nitrogens with zero attached hydrogens (tertiary/aromatic N) is 3. The summed E-state index contributed by atoms with van der Waals surface area (Å²) >= 11 is 0. The van der Waals surface area contributed by atoms with Gasteiger partial charge in [-0.3, -0.25) is 9.67 Å². The van der Waals surface area contributed by atoms with Crippen LogP contribution >= 0.6 is 0 Å². The van der Waals surface area contributed by atoms with Gasteiger partial charge in [-0.2, -0.15) is 5.10 Å². The van der Waals surface area contributed by atoms with E-state index in [1.165, 1.54) is 12.8 Å². The minimum Gasteiger partial charge on any atom is -0.477 e. The minimum atomic E-state index is -0.882. The summed E-state index contributed by atoms with van der Waals surface area (Å²) in [6.45, 7) is 2.62. The maximum absolute atomic E-state index is 11.8. The number of aryl methyl sites for hydroxylation is 2. The zero-order valence-corrected chi connectivity index (χ0v) is 13.7. The van der Waals surface area contributed by atoms with Gasteiger partial charge >= 0.3 is 5.97 Å². The van der Waals surface area contributed by atoms with Gasteiger partial charge in [-0.15, -0.1) is 0 Å². The summed E-state index contributed by atoms with van der Waals surface area (Å²) in [4.78, 5) is 15.9. The molecule has 24 heavy (non-hydrogen) atoms. The molecule has 126 valence electrons. The van der Waals surface area contributed by atoms with Gasteiger partial charge in [0.15, 0.2) is 0 Å². The first-order valence-electron chi connectivity index (χ1n) is 8.71. The van der Waals surface area contributed by atoms with Crippen molar-refractivity contribution in [2.45, 2.75) is 38.6 Å². The third-order valence-electron chi connectivity index (χ3n) is 4.91. The summed E-state index contributed by atoms with van der Waals surface area (Å²) in [5, 5.41) is 17.7. The van der Waals surface area contributed by atoms with Crippen LogP contribution < -0.4 is 5.32 Å². The van der Waals surface area contributed by atoms with E-state index in [0.717, 1.165) is 60.7 Å². The first-order valence-corrected chi connectivity index (χ1v) is 8.71. The van der Waals surface area contributed by atoms with E-state index >= 15 is 0 Å². The summed E-state index contributed by atoms with van der Waals surface area (Å²) in [6, 6.07) is 1.94. The third kappa shape index (κ3) is 2.94. The molecule has 1 fully saturated rings. The van der Waals surface area contributed by atoms with Crippen molar-refractivity contribution in [3.63, 3.8) is 0 Å². The zero-order chi connectivity index (χ0) is 16.5. The first-order chi connectivity index (χ1) is 11.7. The molecule has 0 unspecified atom stereocenters. The molecule has 0 aliphatic heterocycles. The Hall–Kier alpha value is -2.21. The average molecular weight is 326 g/mol. The molecule has 1 saturated carbocycles. The van der Waals surface area contributed by atoms with Crippen molar-refractivity contribution < 1.29 is 9.90 Å². The van der Waals surface area contributed by atoms with Crippen molar-refractivity contribution in [3.05, 3.63) is 35.3 Å². The fraction of sp³-hybridized carbons (Fsp3) is 0.500. The Morgan fingerprint density at radius 1 is 1.38 bits per heavy atom. The molecule has 0 aromatic carbocycles. The Bertz CT molecular complexity index is 764. The van der Waals surface area contributed by atoms with Crippen molar-refractivity contribution >= 4 is 5.97 Å². The normalized spacial score (nSPS) is 15.8. The van der Waals surface area contributed by atoms with Crippen LogP contribution in [0.5, 0.6) is 0 Å². The fourth-order valence-electron chi connectivity index (χ4n) is 3.45. The molecular weight excluding hydrogens is 304 g/mol. The van der Waals surface area contributed by atoms with E-state index in [1.807, 2.05) is 12.3 Å². The summed E-state index contributed by atoms with van der Waals surface area (Å²) in [5.41, 5.74) is 4.22. The van der Waals surface area contributed by atoms with Crippen LogP contribution in [0.15, 0.2) is 18.5 Å². The number of hydrogen-bond acceptors (Lipinski definition) is 4. The molecule has 2 aliphatic rings. The monoisotopic (exact) mass is 326 g/mol. The SMILES string of the molecule is O=C(O)c1c2c(nn1CCCNCC1CC1)-c1ccncc1CC2. The Labute approximate surface area is 140 Å². The van der Waals surface area contributed by atoms with Crippen LogP contribution in [0.2, 0.25) is 0 Å². The number of aromatic nitrogens is 3. The Balaban J connectivity index is 1.54. The number of aromatic carboxylic acids is 1. The van der Waals surface area contributed by atoms with Crippen molar-refractivity contribution in [1.29, 1.82) is 0 Å². The highest BCUT2D eigenvalue weighted by Crippen LogP contribution is 2.34. The van der Waals surface area contributed by atoms with Gasteiger partial charge in [-0.05, 0) is 62.7 Å². The molecule has 2 heterocycles. The second-order valence-corrected chi connectivity index (χ2v) is 6.74. The van der Waals surface area contributed by atoms with E-state index in [0.29, 0.717) is 12.2 Å². The number of hydrogen-bond donors (Lipinski definition) is 2. The second-order valence-electron chi connectivity index (χ2n) is 6.74. The lowest BCUT2D eigenvalue weighted by atomic mass is 9.90. The van der Waals surface area contributed by atoms with E-state index in [1.54, 1.807) is 10.9 Å². The summed E-state index contributed by atoms with van der Waals surface area (Å²) in [5.74, 6) is -0.0195. The molecule has 6 nitrogen and oxygen atoms in total. The maximum atomic E-state index is 11.8. The largest absolute Gasteiger partial charge is 0.477 e. The quantitative estimate of drug-likeness (QED) is 0.762. The topological polar surface area (TPSA) is 80.0 Å². The van der Waals surface area contributed by atoms with Gasteiger partial charge in [-0.25, -0.2) is 4.79 Å². The van der Waals surface area contributed by atoms with E-state index in [9.17, 15) is 9.90 Å². The van der Waals surface area contributed by atoms with Crippen LogP contribution in [0.4, 0.5) is 0 Å². The average Bonchev–Trinajstić information content (AvgIpc) is 3.32. The van der Waals surface area contributed by atoms with E-state index in [2.05, 4.69) is 15.4 Å². The summed E-state index contributed by atoms with van der Waals surface area (Å²) in [6.07, 6.45) is 8.72. The van der Waals surface area contributed by atoms with E-state index in [-0.39, 0.29) is 0 Å². The Kier molecular flexibility index (Phi) is 4.06. The zero-order valence-electron chi connectivity index (χ0n) is 13.7. The molecule has 0 atom stereocenters. The lowest BCUT2D eigenvalue weighted by molar-refractivity contribution is 0.0681. The van der Waals surface area contributed by atoms with Gasteiger partial charge in [0.2, 0.25) is 0 Å². The van der Waals surface area contributed by atoms with Gasteiger partial charge < -0.3 is 10.4 Å². The van der Waals surface area contributed by atoms with Crippen molar-refractivity contribution in [2.24, 2.45) is 5.92 Å². The van der Waals surface area contributed by atoms with Gasteiger partial charge in [0.05, 0.1) is 5.69 Å². The Morgan fingerprint density at radius 2 is 2.25 bits per heavy atom. The number of rotatable bonds is 7. The van der Waals surface area contributed by atoms with Gasteiger partial charge in [0, 0.05) is 30.1 Å². The number of pyridine rings is 1. The van der Waals surface area contributed by atoms with Crippen LogP contribution in [-0.2, 0) is 19.4 Å². The minimum absolute atomic E-state index is 0.356. The number of carboxylic acids is 1. The molecule has 2 N–H and O–H groups in total. The van der Waals surface area contributed by atoms with Gasteiger partial charge in [-0.1, -0.05) is 0 Å². The van der Waals surface area contributed by atoms with Crippen molar-refractivity contribution in [1.82, 2.24) is 20.1 Å². The number of carboxylic acid groups (broad SMARTS) is 1. The van der Waals surface area contributed by atoms with E-state index < -0.39 is 5.97 Å². The Morgan fingerprint density at radius 3 is 3.04 bits per heavy atom. The predicted octanol–water partition coefficient (Wildman–Crippen LogP) is 2.13. The highest BCUT2D eigenvalue weighted by molar-refractivity contribution is 5.90. The van der Waals surface area contributed by atoms with Crippen LogP contribution in [0.25, 0.3) is 11.3 Å². The molecule has 4 rings (SSSR count). The molecule has 0 amide bonds. The molecular formula is C18H22N4O2. The standard InChI is InChI=1S/C18H22N4O2/c23-18(24)17-15-5-4-13-11-20-8-6-14(13)16(15)21-22(17)9-1-7-19-10-12-2-3-12/h6,8,11-12,19H,1-5,7,9-10H2,(H,23,24). The summed E-state index contributed by atoms with van der Waals surface area (Å²) < 4.78 is 1.68. The molecule has 0 bridgehead atoms. The first kappa shape index (κ1) is 15.3. The molecule has 6 heteroatoms. The lowest BCUT2D eigenvalue weighted by Gasteiger charge is -2.14. The third-order valence-corrected chi connectivity index (χ3v) is 4.91. The predicted molar refractivity (Wildman–Crippen MR) is 90.0 cm³/mol. The molecule has 0 radical (unpaired) electrons. The molecule has 2 aromatic rings. The van der Waals surface area contributed by atoms with Crippen LogP contribution in [0.1, 0.15) is 40.9 Å². The van der Waals surface area contributed by atoms with Gasteiger partial charge in [0.25, 0.3) is 0 Å². The molecule has 0 saturated heterocycles. The molecule has 2 aromatic heterocycles. The lowest BCUT2D eigenvalue weighted by Crippen LogP contribution is -2.20. The van der Waals surface area contributed by atoms with Crippen LogP contribution in [-0.4, -0.2) is 38.9 Å².